The van der Waals surface area contributed by atoms with Crippen LogP contribution in [0.3, 0.4) is 0 Å². The van der Waals surface area contributed by atoms with E-state index in [1.165, 1.54) is 12.1 Å². The Bertz CT molecular complexity index is 134. The summed E-state index contributed by atoms with van der Waals surface area (Å²) >= 11 is 0. The lowest BCUT2D eigenvalue weighted by Crippen LogP contribution is -1.79. The number of aromatic nitrogens is 2. The third-order valence-corrected chi connectivity index (χ3v) is 1.07. The highest BCUT2D eigenvalue weighted by Gasteiger charge is 1.86. The van der Waals surface area contributed by atoms with E-state index >= 15 is 0 Å². The van der Waals surface area contributed by atoms with Crippen molar-refractivity contribution < 1.29 is 0 Å². The number of rotatable bonds is 2. The van der Waals surface area contributed by atoms with Gasteiger partial charge in [0.1, 0.15) is 0 Å². The zero-order chi connectivity index (χ0) is 9.82. The largest absolute Gasteiger partial charge is 0.348 e. The van der Waals surface area contributed by atoms with E-state index in [1.54, 1.807) is 6.33 Å². The lowest BCUT2D eigenvalue weighted by molar-refractivity contribution is 0.892. The van der Waals surface area contributed by atoms with Crippen LogP contribution >= 0.6 is 0 Å². The molecule has 0 aliphatic carbocycles. The minimum atomic E-state index is 1.11. The molecule has 0 atom stereocenters. The smallest absolute Gasteiger partial charge is 0.0921 e. The van der Waals surface area contributed by atoms with Crippen molar-refractivity contribution in [2.24, 2.45) is 0 Å². The minimum absolute atomic E-state index is 1.11. The number of aryl methyl sites for hydroxylation is 1. The Hall–Kier alpha value is -0.790. The van der Waals surface area contributed by atoms with Gasteiger partial charge < -0.3 is 4.98 Å². The van der Waals surface area contributed by atoms with E-state index in [0.717, 1.165) is 6.42 Å². The van der Waals surface area contributed by atoms with Crippen molar-refractivity contribution in [1.82, 2.24) is 9.97 Å². The van der Waals surface area contributed by atoms with E-state index in [9.17, 15) is 0 Å². The Morgan fingerprint density at radius 3 is 2.17 bits per heavy atom. The topological polar surface area (TPSA) is 28.7 Å². The molecule has 1 heterocycles. The summed E-state index contributed by atoms with van der Waals surface area (Å²) in [7, 11) is 0. The van der Waals surface area contributed by atoms with E-state index < -0.39 is 0 Å². The first-order valence-corrected chi connectivity index (χ1v) is 4.90. The Balaban J connectivity index is 0. The molecule has 2 heteroatoms. The summed E-state index contributed by atoms with van der Waals surface area (Å²) in [4.78, 5) is 6.91. The molecular weight excluding hydrogens is 148 g/mol. The predicted molar refractivity (Wildman–Crippen MR) is 55.3 cm³/mol. The second-order valence-electron chi connectivity index (χ2n) is 1.83. The number of aromatic amines is 1. The molecule has 0 saturated heterocycles. The van der Waals surface area contributed by atoms with Crippen LogP contribution < -0.4 is 0 Å². The second-order valence-corrected chi connectivity index (χ2v) is 1.83. The maximum absolute atomic E-state index is 3.89. The van der Waals surface area contributed by atoms with Gasteiger partial charge in [-0.2, -0.15) is 0 Å². The number of hydrogen-bond acceptors (Lipinski definition) is 1. The average molecular weight is 170 g/mol. The molecule has 1 rings (SSSR count). The fraction of sp³-hybridized carbons (Fsp3) is 0.700. The number of imidazole rings is 1. The van der Waals surface area contributed by atoms with Crippen LogP contribution in [0.4, 0.5) is 0 Å². The fourth-order valence-electron chi connectivity index (χ4n) is 0.691. The summed E-state index contributed by atoms with van der Waals surface area (Å²) in [5.41, 5.74) is 1.23. The van der Waals surface area contributed by atoms with Gasteiger partial charge in [-0.3, -0.25) is 0 Å². The molecule has 0 radical (unpaired) electrons. The first kappa shape index (κ1) is 13.8. The van der Waals surface area contributed by atoms with Gasteiger partial charge in [0.05, 0.1) is 6.33 Å². The third kappa shape index (κ3) is 7.32. The van der Waals surface area contributed by atoms with Crippen molar-refractivity contribution in [3.8, 4) is 0 Å². The van der Waals surface area contributed by atoms with Crippen molar-refractivity contribution in [1.29, 1.82) is 0 Å². The summed E-state index contributed by atoms with van der Waals surface area (Å²) in [6.45, 7) is 10.2. The third-order valence-electron chi connectivity index (χ3n) is 1.07. The maximum Gasteiger partial charge on any atom is 0.0921 e. The van der Waals surface area contributed by atoms with Gasteiger partial charge in [0, 0.05) is 11.9 Å². The minimum Gasteiger partial charge on any atom is -0.348 e. The molecule has 0 spiro atoms. The van der Waals surface area contributed by atoms with Crippen molar-refractivity contribution in [2.75, 3.05) is 0 Å². The number of hydrogen-bond donors (Lipinski definition) is 1. The van der Waals surface area contributed by atoms with Crippen LogP contribution in [-0.2, 0) is 6.42 Å². The molecule has 0 aromatic carbocycles. The van der Waals surface area contributed by atoms with Crippen LogP contribution in [0.1, 0.15) is 46.7 Å². The Morgan fingerprint density at radius 1 is 1.25 bits per heavy atom. The SMILES string of the molecule is CC.CC.CCCc1cnc[nH]1. The van der Waals surface area contributed by atoms with Crippen molar-refractivity contribution in [3.05, 3.63) is 18.2 Å². The molecule has 72 valence electrons. The quantitative estimate of drug-likeness (QED) is 0.724. The zero-order valence-electron chi connectivity index (χ0n) is 9.02. The summed E-state index contributed by atoms with van der Waals surface area (Å²) in [5, 5.41) is 0. The van der Waals surface area contributed by atoms with Gasteiger partial charge in [-0.15, -0.1) is 0 Å². The molecule has 1 N–H and O–H groups in total. The molecule has 0 fully saturated rings. The summed E-state index contributed by atoms with van der Waals surface area (Å²) in [6, 6.07) is 0. The van der Waals surface area contributed by atoms with Gasteiger partial charge in [-0.1, -0.05) is 41.0 Å². The molecule has 1 aromatic heterocycles. The Morgan fingerprint density at radius 2 is 1.83 bits per heavy atom. The maximum atomic E-state index is 3.89. The van der Waals surface area contributed by atoms with Gasteiger partial charge in [-0.25, -0.2) is 4.98 Å². The lowest BCUT2D eigenvalue weighted by atomic mass is 10.3. The molecule has 0 amide bonds. The predicted octanol–water partition coefficient (Wildman–Crippen LogP) is 3.41. The van der Waals surface area contributed by atoms with Crippen molar-refractivity contribution in [3.63, 3.8) is 0 Å². The number of nitrogens with one attached hydrogen (secondary N) is 1. The molecule has 2 nitrogen and oxygen atoms in total. The van der Waals surface area contributed by atoms with Crippen LogP contribution in [0.15, 0.2) is 12.5 Å². The zero-order valence-corrected chi connectivity index (χ0v) is 9.02. The van der Waals surface area contributed by atoms with Crippen LogP contribution in [0, 0.1) is 0 Å². The van der Waals surface area contributed by atoms with E-state index in [0.29, 0.717) is 0 Å². The highest BCUT2D eigenvalue weighted by molar-refractivity contribution is 4.93. The number of H-pyrrole nitrogens is 1. The lowest BCUT2D eigenvalue weighted by Gasteiger charge is -1.86. The van der Waals surface area contributed by atoms with Gasteiger partial charge in [0.25, 0.3) is 0 Å². The standard InChI is InChI=1S/C6H10N2.2C2H6/c1-2-3-6-4-7-5-8-6;2*1-2/h4-5H,2-3H2,1H3,(H,7,8);2*1-2H3. The van der Waals surface area contributed by atoms with E-state index in [-0.39, 0.29) is 0 Å². The molecule has 0 saturated carbocycles. The molecule has 0 aliphatic rings. The fourth-order valence-corrected chi connectivity index (χ4v) is 0.691. The molecule has 1 aromatic rings. The van der Waals surface area contributed by atoms with Crippen LogP contribution in [0.5, 0.6) is 0 Å². The number of nitrogens with zero attached hydrogens (tertiary/aromatic N) is 1. The normalized spacial score (nSPS) is 7.42. The van der Waals surface area contributed by atoms with Crippen LogP contribution in [0.25, 0.3) is 0 Å². The van der Waals surface area contributed by atoms with E-state index in [2.05, 4.69) is 16.9 Å². The van der Waals surface area contributed by atoms with Gasteiger partial charge in [-0.05, 0) is 6.42 Å². The highest BCUT2D eigenvalue weighted by Crippen LogP contribution is 1.93. The summed E-state index contributed by atoms with van der Waals surface area (Å²) in [5.74, 6) is 0. The first-order valence-electron chi connectivity index (χ1n) is 4.90. The highest BCUT2D eigenvalue weighted by atomic mass is 14.9. The molecular formula is C10H22N2. The molecule has 0 unspecified atom stereocenters. The van der Waals surface area contributed by atoms with Crippen molar-refractivity contribution in [2.45, 2.75) is 47.5 Å². The van der Waals surface area contributed by atoms with Crippen LogP contribution in [0.2, 0.25) is 0 Å². The molecule has 12 heavy (non-hydrogen) atoms. The van der Waals surface area contributed by atoms with Gasteiger partial charge in [0.15, 0.2) is 0 Å². The second kappa shape index (κ2) is 12.8. The van der Waals surface area contributed by atoms with Gasteiger partial charge in [0.2, 0.25) is 0 Å². The Labute approximate surface area is 76.4 Å². The average Bonchev–Trinajstić information content (AvgIpc) is 2.65. The molecule has 0 bridgehead atoms. The molecule has 0 aliphatic heterocycles. The van der Waals surface area contributed by atoms with Crippen molar-refractivity contribution >= 4 is 0 Å². The van der Waals surface area contributed by atoms with E-state index in [4.69, 9.17) is 0 Å². The first-order chi connectivity index (χ1) is 5.93. The van der Waals surface area contributed by atoms with Crippen LogP contribution in [-0.4, -0.2) is 9.97 Å². The summed E-state index contributed by atoms with van der Waals surface area (Å²) in [6.07, 6.45) is 5.87. The monoisotopic (exact) mass is 170 g/mol. The summed E-state index contributed by atoms with van der Waals surface area (Å²) < 4.78 is 0. The van der Waals surface area contributed by atoms with E-state index in [1.807, 2.05) is 33.9 Å². The Kier molecular flexibility index (Phi) is 14.8. The van der Waals surface area contributed by atoms with Gasteiger partial charge >= 0.3 is 0 Å².